The molecule has 1 aromatic carbocycles. The van der Waals surface area contributed by atoms with Crippen molar-refractivity contribution in [3.8, 4) is 0 Å². The summed E-state index contributed by atoms with van der Waals surface area (Å²) >= 11 is 0. The van der Waals surface area contributed by atoms with E-state index in [4.69, 9.17) is 0 Å². The predicted octanol–water partition coefficient (Wildman–Crippen LogP) is 3.18. The van der Waals surface area contributed by atoms with Crippen LogP contribution in [0.4, 0.5) is 17.2 Å². The van der Waals surface area contributed by atoms with Crippen molar-refractivity contribution in [1.82, 2.24) is 4.98 Å². The number of aromatic nitrogens is 1. The average molecular weight is 213 g/mol. The lowest BCUT2D eigenvalue weighted by Crippen LogP contribution is -1.96. The minimum atomic E-state index is 0.860. The van der Waals surface area contributed by atoms with Gasteiger partial charge in [-0.15, -0.1) is 0 Å². The van der Waals surface area contributed by atoms with Gasteiger partial charge in [-0.1, -0.05) is 18.2 Å². The highest BCUT2D eigenvalue weighted by molar-refractivity contribution is 5.64. The number of hydrogen-bond acceptors (Lipinski definition) is 3. The highest BCUT2D eigenvalue weighted by Crippen LogP contribution is 2.20. The van der Waals surface area contributed by atoms with Gasteiger partial charge in [0.05, 0.1) is 0 Å². The Morgan fingerprint density at radius 3 is 2.69 bits per heavy atom. The third kappa shape index (κ3) is 2.31. The maximum absolute atomic E-state index is 4.17. The summed E-state index contributed by atoms with van der Waals surface area (Å²) < 4.78 is 0. The fourth-order valence-electron chi connectivity index (χ4n) is 1.51. The molecule has 1 aromatic heterocycles. The first kappa shape index (κ1) is 10.5. The van der Waals surface area contributed by atoms with Crippen LogP contribution in [0.2, 0.25) is 0 Å². The monoisotopic (exact) mass is 213 g/mol. The summed E-state index contributed by atoms with van der Waals surface area (Å²) in [4.78, 5) is 4.17. The minimum absolute atomic E-state index is 0.860. The van der Waals surface area contributed by atoms with Gasteiger partial charge in [-0.3, -0.25) is 0 Å². The SMILES string of the molecule is CNc1cc(Nc2ccccc2C)ccn1. The molecule has 0 fully saturated rings. The summed E-state index contributed by atoms with van der Waals surface area (Å²) in [7, 11) is 1.86. The Morgan fingerprint density at radius 1 is 1.12 bits per heavy atom. The minimum Gasteiger partial charge on any atom is -0.373 e. The molecule has 1 heterocycles. The van der Waals surface area contributed by atoms with E-state index in [-0.39, 0.29) is 0 Å². The molecule has 0 aliphatic heterocycles. The molecule has 3 heteroatoms. The number of pyridine rings is 1. The molecule has 0 atom stereocenters. The van der Waals surface area contributed by atoms with Crippen molar-refractivity contribution < 1.29 is 0 Å². The van der Waals surface area contributed by atoms with Gasteiger partial charge in [-0.05, 0) is 24.6 Å². The van der Waals surface area contributed by atoms with Gasteiger partial charge in [-0.2, -0.15) is 0 Å². The first-order chi connectivity index (χ1) is 7.79. The molecule has 0 bridgehead atoms. The van der Waals surface area contributed by atoms with Crippen LogP contribution in [0.1, 0.15) is 5.56 Å². The molecular formula is C13H15N3. The molecule has 2 N–H and O–H groups in total. The van der Waals surface area contributed by atoms with Crippen LogP contribution >= 0.6 is 0 Å². The Morgan fingerprint density at radius 2 is 1.94 bits per heavy atom. The van der Waals surface area contributed by atoms with Crippen molar-refractivity contribution >= 4 is 17.2 Å². The normalized spacial score (nSPS) is 9.88. The number of benzene rings is 1. The van der Waals surface area contributed by atoms with Gasteiger partial charge in [0.2, 0.25) is 0 Å². The van der Waals surface area contributed by atoms with Crippen LogP contribution in [0.25, 0.3) is 0 Å². The molecule has 2 rings (SSSR count). The predicted molar refractivity (Wildman–Crippen MR) is 68.2 cm³/mol. The summed E-state index contributed by atoms with van der Waals surface area (Å²) in [6.45, 7) is 2.09. The largest absolute Gasteiger partial charge is 0.373 e. The van der Waals surface area contributed by atoms with Crippen LogP contribution < -0.4 is 10.6 Å². The van der Waals surface area contributed by atoms with E-state index in [2.05, 4.69) is 34.7 Å². The van der Waals surface area contributed by atoms with E-state index in [0.717, 1.165) is 17.2 Å². The van der Waals surface area contributed by atoms with Gasteiger partial charge in [0, 0.05) is 30.7 Å². The molecule has 3 nitrogen and oxygen atoms in total. The van der Waals surface area contributed by atoms with Gasteiger partial charge in [-0.25, -0.2) is 4.98 Å². The van der Waals surface area contributed by atoms with E-state index in [1.807, 2.05) is 31.3 Å². The van der Waals surface area contributed by atoms with Crippen LogP contribution in [0, 0.1) is 6.92 Å². The summed E-state index contributed by atoms with van der Waals surface area (Å²) in [5, 5.41) is 6.38. The standard InChI is InChI=1S/C13H15N3/c1-10-5-3-4-6-12(10)16-11-7-8-15-13(9-11)14-2/h3-9H,1-2H3,(H2,14,15,16). The number of hydrogen-bond donors (Lipinski definition) is 2. The maximum atomic E-state index is 4.17. The fraction of sp³-hybridized carbons (Fsp3) is 0.154. The fourth-order valence-corrected chi connectivity index (χ4v) is 1.51. The van der Waals surface area contributed by atoms with Crippen LogP contribution in [0.15, 0.2) is 42.6 Å². The first-order valence-corrected chi connectivity index (χ1v) is 5.26. The second-order valence-electron chi connectivity index (χ2n) is 3.62. The quantitative estimate of drug-likeness (QED) is 0.822. The van der Waals surface area contributed by atoms with E-state index in [0.29, 0.717) is 0 Å². The molecule has 0 aliphatic carbocycles. The maximum Gasteiger partial charge on any atom is 0.127 e. The summed E-state index contributed by atoms with van der Waals surface area (Å²) in [5.41, 5.74) is 3.38. The number of nitrogens with zero attached hydrogens (tertiary/aromatic N) is 1. The van der Waals surface area contributed by atoms with Crippen LogP contribution in [-0.4, -0.2) is 12.0 Å². The van der Waals surface area contributed by atoms with Crippen LogP contribution in [0.3, 0.4) is 0 Å². The molecule has 2 aromatic rings. The number of nitrogens with one attached hydrogen (secondary N) is 2. The van der Waals surface area contributed by atoms with Crippen molar-refractivity contribution in [2.24, 2.45) is 0 Å². The van der Waals surface area contributed by atoms with Crippen LogP contribution in [0.5, 0.6) is 0 Å². The molecule has 0 saturated heterocycles. The van der Waals surface area contributed by atoms with Crippen molar-refractivity contribution in [2.45, 2.75) is 6.92 Å². The number of anilines is 3. The number of aryl methyl sites for hydroxylation is 1. The number of rotatable bonds is 3. The van der Waals surface area contributed by atoms with E-state index in [1.54, 1.807) is 6.20 Å². The lowest BCUT2D eigenvalue weighted by atomic mass is 10.2. The molecule has 16 heavy (non-hydrogen) atoms. The Balaban J connectivity index is 2.24. The Bertz CT molecular complexity index is 480. The molecule has 82 valence electrons. The molecule has 0 spiro atoms. The van der Waals surface area contributed by atoms with Crippen molar-refractivity contribution in [3.63, 3.8) is 0 Å². The van der Waals surface area contributed by atoms with Crippen molar-refractivity contribution in [1.29, 1.82) is 0 Å². The molecule has 0 saturated carbocycles. The van der Waals surface area contributed by atoms with E-state index in [9.17, 15) is 0 Å². The smallest absolute Gasteiger partial charge is 0.127 e. The summed E-state index contributed by atoms with van der Waals surface area (Å²) in [6.07, 6.45) is 1.78. The zero-order chi connectivity index (χ0) is 11.4. The molecule has 0 amide bonds. The van der Waals surface area contributed by atoms with Gasteiger partial charge in [0.25, 0.3) is 0 Å². The molecule has 0 unspecified atom stereocenters. The van der Waals surface area contributed by atoms with Gasteiger partial charge in [0.15, 0.2) is 0 Å². The second kappa shape index (κ2) is 4.66. The zero-order valence-electron chi connectivity index (χ0n) is 9.49. The van der Waals surface area contributed by atoms with E-state index >= 15 is 0 Å². The van der Waals surface area contributed by atoms with Crippen molar-refractivity contribution in [2.75, 3.05) is 17.7 Å². The topological polar surface area (TPSA) is 37.0 Å². The van der Waals surface area contributed by atoms with Crippen LogP contribution in [-0.2, 0) is 0 Å². The highest BCUT2D eigenvalue weighted by Gasteiger charge is 1.98. The third-order valence-electron chi connectivity index (χ3n) is 2.44. The van der Waals surface area contributed by atoms with Gasteiger partial charge >= 0.3 is 0 Å². The van der Waals surface area contributed by atoms with E-state index in [1.165, 1.54) is 5.56 Å². The average Bonchev–Trinajstić information content (AvgIpc) is 2.32. The first-order valence-electron chi connectivity index (χ1n) is 5.26. The molecular weight excluding hydrogens is 198 g/mol. The Kier molecular flexibility index (Phi) is 3.05. The molecule has 0 radical (unpaired) electrons. The Labute approximate surface area is 95.5 Å². The zero-order valence-corrected chi connectivity index (χ0v) is 9.49. The summed E-state index contributed by atoms with van der Waals surface area (Å²) in [5.74, 6) is 0.860. The lowest BCUT2D eigenvalue weighted by molar-refractivity contribution is 1.28. The van der Waals surface area contributed by atoms with Gasteiger partial charge in [0.1, 0.15) is 5.82 Å². The third-order valence-corrected chi connectivity index (χ3v) is 2.44. The second-order valence-corrected chi connectivity index (χ2v) is 3.62. The summed E-state index contributed by atoms with van der Waals surface area (Å²) in [6, 6.07) is 12.1. The molecule has 0 aliphatic rings. The van der Waals surface area contributed by atoms with E-state index < -0.39 is 0 Å². The highest BCUT2D eigenvalue weighted by atomic mass is 15.0. The lowest BCUT2D eigenvalue weighted by Gasteiger charge is -2.09. The Hall–Kier alpha value is -2.03. The number of para-hydroxylation sites is 1. The van der Waals surface area contributed by atoms with Crippen molar-refractivity contribution in [3.05, 3.63) is 48.2 Å². The van der Waals surface area contributed by atoms with Gasteiger partial charge < -0.3 is 10.6 Å².